The first kappa shape index (κ1) is 50.4. The Balaban J connectivity index is 4.87. The van der Waals surface area contributed by atoms with Crippen molar-refractivity contribution in [3.8, 4) is 0 Å². The Hall–Kier alpha value is 1.36. The number of hydrogen-bond donors (Lipinski definition) is 0. The van der Waals surface area contributed by atoms with Crippen LogP contribution in [0.3, 0.4) is 0 Å². The minimum absolute atomic E-state index is 1.36. The predicted octanol–water partition coefficient (Wildman–Crippen LogP) is 15.7. The van der Waals surface area contributed by atoms with Crippen molar-refractivity contribution >= 4 is 47.0 Å². The Bertz CT molecular complexity index is 488. The summed E-state index contributed by atoms with van der Waals surface area (Å²) in [4.78, 5) is 0. The van der Waals surface area contributed by atoms with Gasteiger partial charge in [-0.15, -0.1) is 0 Å². The molecular formula is C44H92NS4+. The van der Waals surface area contributed by atoms with Crippen molar-refractivity contribution in [3.05, 3.63) is 0 Å². The van der Waals surface area contributed by atoms with Crippen LogP contribution < -0.4 is 0 Å². The summed E-state index contributed by atoms with van der Waals surface area (Å²) < 4.78 is 1.43. The van der Waals surface area contributed by atoms with Crippen LogP contribution in [0, 0.1) is 0 Å². The summed E-state index contributed by atoms with van der Waals surface area (Å²) in [5.41, 5.74) is 0. The molecule has 0 rings (SSSR count). The highest BCUT2D eigenvalue weighted by atomic mass is 32.2. The lowest BCUT2D eigenvalue weighted by atomic mass is 10.1. The van der Waals surface area contributed by atoms with Crippen molar-refractivity contribution < 1.29 is 4.48 Å². The minimum atomic E-state index is 1.36. The normalized spacial score (nSPS) is 12.0. The summed E-state index contributed by atoms with van der Waals surface area (Å²) in [6, 6.07) is 0. The molecule has 0 radical (unpaired) electrons. The fraction of sp³-hybridized carbons (Fsp3) is 1.00. The van der Waals surface area contributed by atoms with Gasteiger partial charge >= 0.3 is 0 Å². The molecular weight excluding hydrogens is 671 g/mol. The summed E-state index contributed by atoms with van der Waals surface area (Å²) in [6.07, 6.45) is 40.1. The van der Waals surface area contributed by atoms with Gasteiger partial charge in [0.25, 0.3) is 0 Å². The molecule has 0 aromatic carbocycles. The number of hydrogen-bond acceptors (Lipinski definition) is 4. The molecule has 0 N–H and O–H groups in total. The fourth-order valence-corrected chi connectivity index (χ4v) is 10.8. The molecule has 0 atom stereocenters. The lowest BCUT2D eigenvalue weighted by molar-refractivity contribution is -0.928. The van der Waals surface area contributed by atoms with Crippen molar-refractivity contribution in [2.45, 2.75) is 207 Å². The van der Waals surface area contributed by atoms with E-state index in [1.54, 1.807) is 0 Å². The van der Waals surface area contributed by atoms with Gasteiger partial charge in [0.15, 0.2) is 0 Å². The van der Waals surface area contributed by atoms with Gasteiger partial charge in [-0.05, 0) is 71.7 Å². The molecule has 296 valence electrons. The van der Waals surface area contributed by atoms with Crippen LogP contribution in [0.2, 0.25) is 0 Å². The summed E-state index contributed by atoms with van der Waals surface area (Å²) in [5.74, 6) is 11.1. The van der Waals surface area contributed by atoms with E-state index in [2.05, 4.69) is 74.7 Å². The molecule has 0 unspecified atom stereocenters. The Labute approximate surface area is 329 Å². The van der Waals surface area contributed by atoms with Gasteiger partial charge in [0, 0.05) is 25.7 Å². The number of thioether (sulfide) groups is 4. The van der Waals surface area contributed by atoms with Crippen molar-refractivity contribution in [2.24, 2.45) is 0 Å². The Kier molecular flexibility index (Phi) is 45.0. The van der Waals surface area contributed by atoms with Crippen LogP contribution >= 0.6 is 47.0 Å². The first-order valence-electron chi connectivity index (χ1n) is 22.4. The van der Waals surface area contributed by atoms with Crippen LogP contribution in [-0.4, -0.2) is 76.7 Å². The quantitative estimate of drug-likeness (QED) is 0.0448. The molecule has 1 nitrogen and oxygen atoms in total. The van der Waals surface area contributed by atoms with E-state index in [0.717, 1.165) is 0 Å². The zero-order chi connectivity index (χ0) is 35.6. The second kappa shape index (κ2) is 43.8. The molecule has 49 heavy (non-hydrogen) atoms. The molecule has 0 fully saturated rings. The van der Waals surface area contributed by atoms with E-state index >= 15 is 0 Å². The number of quaternary nitrogens is 1. The standard InChI is InChI=1S/C44H92NS4/c1-5-9-13-17-21-25-37-46-41-29-33-45(34-30-42-47-38-26-22-18-14-10-6-2,35-31-43-48-39-27-23-19-15-11-7-3)36-32-44-49-40-28-24-20-16-12-8-4/h5-44H2,1-4H3/q+1. The third-order valence-electron chi connectivity index (χ3n) is 10.3. The van der Waals surface area contributed by atoms with E-state index in [1.807, 2.05) is 0 Å². The lowest BCUT2D eigenvalue weighted by Crippen LogP contribution is -2.51. The Morgan fingerprint density at radius 1 is 0.224 bits per heavy atom. The van der Waals surface area contributed by atoms with E-state index in [-0.39, 0.29) is 0 Å². The van der Waals surface area contributed by atoms with Crippen LogP contribution in [0.15, 0.2) is 0 Å². The first-order valence-corrected chi connectivity index (χ1v) is 27.0. The van der Waals surface area contributed by atoms with E-state index in [4.69, 9.17) is 0 Å². The number of unbranched alkanes of at least 4 members (excludes halogenated alkanes) is 20. The molecule has 0 aliphatic heterocycles. The molecule has 5 heteroatoms. The second-order valence-electron chi connectivity index (χ2n) is 15.2. The number of rotatable bonds is 44. The molecule has 0 saturated carbocycles. The zero-order valence-electron chi connectivity index (χ0n) is 34.4. The van der Waals surface area contributed by atoms with Gasteiger partial charge in [-0.25, -0.2) is 0 Å². The van der Waals surface area contributed by atoms with Gasteiger partial charge in [0.1, 0.15) is 0 Å². The van der Waals surface area contributed by atoms with Gasteiger partial charge in [0.05, 0.1) is 26.2 Å². The highest BCUT2D eigenvalue weighted by molar-refractivity contribution is 7.99. The summed E-state index contributed by atoms with van der Waals surface area (Å²) >= 11 is 9.07. The van der Waals surface area contributed by atoms with E-state index in [0.29, 0.717) is 0 Å². The highest BCUT2D eigenvalue weighted by Gasteiger charge is 2.26. The monoisotopic (exact) mass is 763 g/mol. The maximum Gasteiger partial charge on any atom is 0.0794 e. The van der Waals surface area contributed by atoms with Gasteiger partial charge in [-0.3, -0.25) is 0 Å². The molecule has 0 bridgehead atoms. The van der Waals surface area contributed by atoms with E-state index in [1.165, 1.54) is 256 Å². The molecule has 0 saturated heterocycles. The van der Waals surface area contributed by atoms with Gasteiger partial charge in [0.2, 0.25) is 0 Å². The lowest BCUT2D eigenvalue weighted by Gasteiger charge is -2.39. The first-order chi connectivity index (χ1) is 24.2. The van der Waals surface area contributed by atoms with E-state index < -0.39 is 0 Å². The Morgan fingerprint density at radius 2 is 0.408 bits per heavy atom. The van der Waals surface area contributed by atoms with Gasteiger partial charge < -0.3 is 4.48 Å². The van der Waals surface area contributed by atoms with Crippen molar-refractivity contribution in [1.82, 2.24) is 0 Å². The molecule has 0 aromatic rings. The summed E-state index contributed by atoms with van der Waals surface area (Å²) in [7, 11) is 0. The van der Waals surface area contributed by atoms with Crippen LogP contribution in [-0.2, 0) is 0 Å². The van der Waals surface area contributed by atoms with Crippen molar-refractivity contribution in [2.75, 3.05) is 72.2 Å². The van der Waals surface area contributed by atoms with Gasteiger partial charge in [-0.1, -0.05) is 156 Å². The predicted molar refractivity (Wildman–Crippen MR) is 241 cm³/mol. The summed E-state index contributed by atoms with van der Waals surface area (Å²) in [5, 5.41) is 0. The van der Waals surface area contributed by atoms with Crippen LogP contribution in [0.1, 0.15) is 207 Å². The molecule has 0 heterocycles. The molecule has 0 amide bonds. The fourth-order valence-electron chi connectivity index (χ4n) is 7.02. The van der Waals surface area contributed by atoms with E-state index in [9.17, 15) is 0 Å². The third-order valence-corrected chi connectivity index (χ3v) is 14.9. The maximum atomic E-state index is 2.33. The van der Waals surface area contributed by atoms with Crippen LogP contribution in [0.5, 0.6) is 0 Å². The smallest absolute Gasteiger partial charge is 0.0794 e. The zero-order valence-corrected chi connectivity index (χ0v) is 37.6. The molecule has 0 aromatic heterocycles. The maximum absolute atomic E-state index is 2.33. The van der Waals surface area contributed by atoms with Crippen LogP contribution in [0.25, 0.3) is 0 Å². The average molecular weight is 763 g/mol. The van der Waals surface area contributed by atoms with Crippen molar-refractivity contribution in [3.63, 3.8) is 0 Å². The van der Waals surface area contributed by atoms with Crippen LogP contribution in [0.4, 0.5) is 0 Å². The van der Waals surface area contributed by atoms with Crippen molar-refractivity contribution in [1.29, 1.82) is 0 Å². The largest absolute Gasteiger partial charge is 0.324 e. The van der Waals surface area contributed by atoms with Gasteiger partial charge in [-0.2, -0.15) is 47.0 Å². The summed E-state index contributed by atoms with van der Waals surface area (Å²) in [6.45, 7) is 15.1. The SMILES string of the molecule is CCCCCCCCSCCC[N+](CCCSCCCCCCCC)(CCCSCCCCCCCC)CCCSCCCCCCCC. The Morgan fingerprint density at radius 3 is 0.633 bits per heavy atom. The molecule has 0 aliphatic carbocycles. The molecule has 0 aliphatic rings. The second-order valence-corrected chi connectivity index (χ2v) is 20.1. The number of nitrogens with zero attached hydrogens (tertiary/aromatic N) is 1. The highest BCUT2D eigenvalue weighted by Crippen LogP contribution is 2.21. The molecule has 0 spiro atoms. The average Bonchev–Trinajstić information content (AvgIpc) is 3.11. The minimum Gasteiger partial charge on any atom is -0.324 e. The third kappa shape index (κ3) is 38.9. The topological polar surface area (TPSA) is 0 Å².